The molecule has 0 aliphatic heterocycles. The molecule has 0 bridgehead atoms. The zero-order valence-corrected chi connectivity index (χ0v) is 9.68. The van der Waals surface area contributed by atoms with Crippen LogP contribution in [0.15, 0.2) is 12.1 Å². The number of carbonyl (C=O) groups excluding carboxylic acids is 1. The Morgan fingerprint density at radius 1 is 1.33 bits per heavy atom. The first-order valence-corrected chi connectivity index (χ1v) is 4.93. The van der Waals surface area contributed by atoms with E-state index in [9.17, 15) is 4.79 Å². The van der Waals surface area contributed by atoms with E-state index < -0.39 is 0 Å². The number of nitrogens with one attached hydrogen (secondary N) is 1. The Balaban J connectivity index is 3.13. The summed E-state index contributed by atoms with van der Waals surface area (Å²) in [6.07, 6.45) is 0. The molecule has 0 atom stereocenters. The molecule has 0 spiro atoms. The second-order valence-electron chi connectivity index (χ2n) is 3.61. The van der Waals surface area contributed by atoms with E-state index in [-0.39, 0.29) is 5.97 Å². The molecule has 0 fully saturated rings. The summed E-state index contributed by atoms with van der Waals surface area (Å²) in [5.74, 6) is -0.280. The van der Waals surface area contributed by atoms with Crippen LogP contribution in [0.5, 0.6) is 0 Å². The maximum atomic E-state index is 11.3. The fourth-order valence-corrected chi connectivity index (χ4v) is 1.68. The predicted molar refractivity (Wildman–Crippen MR) is 60.0 cm³/mol. The number of aryl methyl sites for hydroxylation is 2. The summed E-state index contributed by atoms with van der Waals surface area (Å²) in [6, 6.07) is 3.73. The van der Waals surface area contributed by atoms with Crippen molar-refractivity contribution >= 4 is 5.97 Å². The summed E-state index contributed by atoms with van der Waals surface area (Å²) in [7, 11) is 3.31. The molecule has 1 N–H and O–H groups in total. The zero-order valence-electron chi connectivity index (χ0n) is 9.68. The molecule has 0 aromatic heterocycles. The number of esters is 1. The summed E-state index contributed by atoms with van der Waals surface area (Å²) in [5.41, 5.74) is 4.09. The van der Waals surface area contributed by atoms with Gasteiger partial charge in [0.05, 0.1) is 12.7 Å². The van der Waals surface area contributed by atoms with Crippen LogP contribution >= 0.6 is 0 Å². The largest absolute Gasteiger partial charge is 0.465 e. The van der Waals surface area contributed by atoms with Gasteiger partial charge in [-0.2, -0.15) is 0 Å². The van der Waals surface area contributed by atoms with Gasteiger partial charge in [0.1, 0.15) is 0 Å². The lowest BCUT2D eigenvalue weighted by atomic mass is 9.99. The third-order valence-corrected chi connectivity index (χ3v) is 2.47. The molecule has 1 aromatic carbocycles. The van der Waals surface area contributed by atoms with Crippen molar-refractivity contribution in [2.24, 2.45) is 0 Å². The van der Waals surface area contributed by atoms with Crippen molar-refractivity contribution in [2.45, 2.75) is 20.4 Å². The van der Waals surface area contributed by atoms with Gasteiger partial charge in [0.25, 0.3) is 0 Å². The topological polar surface area (TPSA) is 38.3 Å². The summed E-state index contributed by atoms with van der Waals surface area (Å²) < 4.78 is 4.69. The van der Waals surface area contributed by atoms with Gasteiger partial charge in [-0.1, -0.05) is 0 Å². The lowest BCUT2D eigenvalue weighted by Crippen LogP contribution is -2.10. The van der Waals surface area contributed by atoms with E-state index >= 15 is 0 Å². The highest BCUT2D eigenvalue weighted by Crippen LogP contribution is 2.17. The third kappa shape index (κ3) is 2.57. The molecule has 82 valence electrons. The highest BCUT2D eigenvalue weighted by molar-refractivity contribution is 5.89. The first-order chi connectivity index (χ1) is 7.10. The van der Waals surface area contributed by atoms with Crippen LogP contribution in [0, 0.1) is 13.8 Å². The van der Waals surface area contributed by atoms with Crippen molar-refractivity contribution in [3.8, 4) is 0 Å². The quantitative estimate of drug-likeness (QED) is 0.768. The lowest BCUT2D eigenvalue weighted by molar-refractivity contribution is 0.0600. The van der Waals surface area contributed by atoms with Gasteiger partial charge >= 0.3 is 5.97 Å². The second kappa shape index (κ2) is 4.94. The van der Waals surface area contributed by atoms with Crippen molar-refractivity contribution in [1.82, 2.24) is 5.32 Å². The Hall–Kier alpha value is -1.35. The SMILES string of the molecule is CNCc1c(C)cc(C(=O)OC)cc1C. The molecule has 0 heterocycles. The summed E-state index contributed by atoms with van der Waals surface area (Å²) in [4.78, 5) is 11.3. The molecular formula is C12H17NO2. The number of hydrogen-bond acceptors (Lipinski definition) is 3. The van der Waals surface area contributed by atoms with Gasteiger partial charge in [-0.15, -0.1) is 0 Å². The molecule has 0 aliphatic carbocycles. The molecule has 1 rings (SSSR count). The normalized spacial score (nSPS) is 10.1. The van der Waals surface area contributed by atoms with Crippen LogP contribution in [0.1, 0.15) is 27.0 Å². The van der Waals surface area contributed by atoms with Crippen molar-refractivity contribution < 1.29 is 9.53 Å². The van der Waals surface area contributed by atoms with Gasteiger partial charge < -0.3 is 10.1 Å². The number of ether oxygens (including phenoxy) is 1. The predicted octanol–water partition coefficient (Wildman–Crippen LogP) is 1.81. The fraction of sp³-hybridized carbons (Fsp3) is 0.417. The fourth-order valence-electron chi connectivity index (χ4n) is 1.68. The maximum Gasteiger partial charge on any atom is 0.337 e. The van der Waals surface area contributed by atoms with Gasteiger partial charge in [0.2, 0.25) is 0 Å². The number of hydrogen-bond donors (Lipinski definition) is 1. The van der Waals surface area contributed by atoms with Crippen LogP contribution < -0.4 is 5.32 Å². The van der Waals surface area contributed by atoms with Crippen molar-refractivity contribution in [3.05, 3.63) is 34.4 Å². The van der Waals surface area contributed by atoms with Crippen molar-refractivity contribution in [1.29, 1.82) is 0 Å². The standard InChI is InChI=1S/C12H17NO2/c1-8-5-10(12(14)15-4)6-9(2)11(8)7-13-3/h5-6,13H,7H2,1-4H3. The zero-order chi connectivity index (χ0) is 11.4. The smallest absolute Gasteiger partial charge is 0.337 e. The molecule has 1 aromatic rings. The minimum atomic E-state index is -0.280. The van der Waals surface area contributed by atoms with E-state index in [0.29, 0.717) is 5.56 Å². The average molecular weight is 207 g/mol. The average Bonchev–Trinajstić information content (AvgIpc) is 2.22. The van der Waals surface area contributed by atoms with Crippen molar-refractivity contribution in [2.75, 3.05) is 14.2 Å². The van der Waals surface area contributed by atoms with Gasteiger partial charge in [-0.3, -0.25) is 0 Å². The summed E-state index contributed by atoms with van der Waals surface area (Å²) >= 11 is 0. The Kier molecular flexibility index (Phi) is 3.86. The molecule has 0 saturated heterocycles. The van der Waals surface area contributed by atoms with Crippen LogP contribution in [0.25, 0.3) is 0 Å². The molecule has 0 radical (unpaired) electrons. The van der Waals surface area contributed by atoms with E-state index in [0.717, 1.165) is 17.7 Å². The van der Waals surface area contributed by atoms with E-state index in [1.54, 1.807) is 0 Å². The molecule has 3 nitrogen and oxygen atoms in total. The van der Waals surface area contributed by atoms with Gasteiger partial charge in [0.15, 0.2) is 0 Å². The second-order valence-corrected chi connectivity index (χ2v) is 3.61. The van der Waals surface area contributed by atoms with Gasteiger partial charge in [-0.05, 0) is 49.7 Å². The van der Waals surface area contributed by atoms with Crippen LogP contribution in [-0.2, 0) is 11.3 Å². The van der Waals surface area contributed by atoms with Gasteiger partial charge in [0, 0.05) is 6.54 Å². The van der Waals surface area contributed by atoms with Crippen LogP contribution in [0.2, 0.25) is 0 Å². The molecule has 0 saturated carbocycles. The summed E-state index contributed by atoms with van der Waals surface area (Å²) in [6.45, 7) is 4.83. The minimum absolute atomic E-state index is 0.280. The van der Waals surface area contributed by atoms with E-state index in [4.69, 9.17) is 4.74 Å². The number of carbonyl (C=O) groups is 1. The van der Waals surface area contributed by atoms with Crippen LogP contribution in [0.3, 0.4) is 0 Å². The maximum absolute atomic E-state index is 11.3. The van der Waals surface area contributed by atoms with Crippen molar-refractivity contribution in [3.63, 3.8) is 0 Å². The first-order valence-electron chi connectivity index (χ1n) is 4.93. The first kappa shape index (κ1) is 11.7. The monoisotopic (exact) mass is 207 g/mol. The molecule has 0 aliphatic rings. The molecular weight excluding hydrogens is 190 g/mol. The minimum Gasteiger partial charge on any atom is -0.465 e. The Morgan fingerprint density at radius 2 is 1.87 bits per heavy atom. The third-order valence-electron chi connectivity index (χ3n) is 2.47. The number of rotatable bonds is 3. The highest BCUT2D eigenvalue weighted by atomic mass is 16.5. The van der Waals surface area contributed by atoms with Crippen LogP contribution in [-0.4, -0.2) is 20.1 Å². The van der Waals surface area contributed by atoms with E-state index in [1.807, 2.05) is 33.0 Å². The molecule has 15 heavy (non-hydrogen) atoms. The van der Waals surface area contributed by atoms with Crippen LogP contribution in [0.4, 0.5) is 0 Å². The molecule has 0 unspecified atom stereocenters. The molecule has 3 heteroatoms. The lowest BCUT2D eigenvalue weighted by Gasteiger charge is -2.11. The highest BCUT2D eigenvalue weighted by Gasteiger charge is 2.09. The van der Waals surface area contributed by atoms with E-state index in [1.165, 1.54) is 12.7 Å². The Bertz CT molecular complexity index is 349. The van der Waals surface area contributed by atoms with Gasteiger partial charge in [-0.25, -0.2) is 4.79 Å². The van der Waals surface area contributed by atoms with E-state index in [2.05, 4.69) is 5.32 Å². The number of methoxy groups -OCH3 is 1. The number of benzene rings is 1. The Labute approximate surface area is 90.4 Å². The Morgan fingerprint density at radius 3 is 2.27 bits per heavy atom. The molecule has 0 amide bonds. The summed E-state index contributed by atoms with van der Waals surface area (Å²) in [5, 5.41) is 3.11.